The van der Waals surface area contributed by atoms with Crippen LogP contribution in [0.2, 0.25) is 0 Å². The van der Waals surface area contributed by atoms with Crippen molar-refractivity contribution < 1.29 is 12.9 Å². The maximum Gasteiger partial charge on any atom is 0.301 e. The molecule has 1 unspecified atom stereocenters. The molecular weight excluding hydrogens is 222 g/mol. The van der Waals surface area contributed by atoms with Crippen molar-refractivity contribution >= 4 is 46.2 Å². The van der Waals surface area contributed by atoms with Crippen LogP contribution < -0.4 is 0 Å². The molecule has 0 amide bonds. The zero-order valence-corrected chi connectivity index (χ0v) is 7.80. The molecule has 0 bridgehead atoms. The Morgan fingerprint density at radius 1 is 1.50 bits per heavy atom. The van der Waals surface area contributed by atoms with E-state index in [2.05, 4.69) is 4.18 Å². The fraction of sp³-hybridized carbons (Fsp3) is 1.00. The van der Waals surface area contributed by atoms with Gasteiger partial charge in [0.2, 0.25) is 0 Å². The van der Waals surface area contributed by atoms with E-state index in [1.807, 2.05) is 0 Å². The van der Waals surface area contributed by atoms with Gasteiger partial charge in [0.1, 0.15) is 0 Å². The Bertz CT molecular complexity index is 123. The zero-order chi connectivity index (χ0) is 8.20. The summed E-state index contributed by atoms with van der Waals surface area (Å²) >= 11 is 13.6. The Labute approximate surface area is 76.1 Å². The Morgan fingerprint density at radius 2 is 2.00 bits per heavy atom. The largest absolute Gasteiger partial charge is 0.301 e. The van der Waals surface area contributed by atoms with E-state index in [0.29, 0.717) is 0 Å². The highest BCUT2D eigenvalue weighted by Gasteiger charge is 2.19. The summed E-state index contributed by atoms with van der Waals surface area (Å²) in [4.78, 5) is 0. The van der Waals surface area contributed by atoms with E-state index in [0.717, 1.165) is 0 Å². The predicted octanol–water partition coefficient (Wildman–Crippen LogP) is 1.90. The van der Waals surface area contributed by atoms with Crippen LogP contribution in [0, 0.1) is 0 Å². The number of rotatable bonds is 3. The molecule has 0 aromatic rings. The van der Waals surface area contributed by atoms with Crippen molar-refractivity contribution in [3.8, 4) is 0 Å². The zero-order valence-electron chi connectivity index (χ0n) is 4.72. The maximum atomic E-state index is 9.84. The van der Waals surface area contributed by atoms with Crippen LogP contribution in [0.15, 0.2) is 0 Å². The van der Waals surface area contributed by atoms with Crippen molar-refractivity contribution in [2.75, 3.05) is 6.61 Å². The van der Waals surface area contributed by atoms with Crippen LogP contribution in [0.1, 0.15) is 6.42 Å². The van der Waals surface area contributed by atoms with Gasteiger partial charge in [0, 0.05) is 6.42 Å². The van der Waals surface area contributed by atoms with Gasteiger partial charge >= 0.3 is 11.4 Å². The highest BCUT2D eigenvalue weighted by atomic mass is 35.6. The average Bonchev–Trinajstić information content (AvgIpc) is 1.59. The minimum absolute atomic E-state index is 0.0559. The molecule has 0 radical (unpaired) electrons. The van der Waals surface area contributed by atoms with Gasteiger partial charge in [0.25, 0.3) is 0 Å². The number of hydrogen-bond acceptors (Lipinski definition) is 2. The molecule has 62 valence electrons. The molecule has 0 aromatic heterocycles. The van der Waals surface area contributed by atoms with Crippen molar-refractivity contribution in [1.82, 2.24) is 0 Å². The molecule has 0 heterocycles. The van der Waals surface area contributed by atoms with Gasteiger partial charge < -0.3 is 0 Å². The smallest absolute Gasteiger partial charge is 0.284 e. The molecule has 10 heavy (non-hydrogen) atoms. The highest BCUT2D eigenvalue weighted by molar-refractivity contribution is 7.74. The normalized spacial score (nSPS) is 15.2. The molecule has 3 nitrogen and oxygen atoms in total. The molecule has 0 rings (SSSR count). The molecule has 0 aliphatic heterocycles. The third-order valence-corrected chi connectivity index (χ3v) is 1.50. The summed E-state index contributed by atoms with van der Waals surface area (Å²) in [5, 5.41) is 0. The van der Waals surface area contributed by atoms with E-state index in [-0.39, 0.29) is 13.0 Å². The van der Waals surface area contributed by atoms with Crippen LogP contribution in [0.25, 0.3) is 0 Å². The minimum Gasteiger partial charge on any atom is -0.284 e. The lowest BCUT2D eigenvalue weighted by Gasteiger charge is -2.07. The van der Waals surface area contributed by atoms with Gasteiger partial charge in [-0.05, 0) is 0 Å². The summed E-state index contributed by atoms with van der Waals surface area (Å²) in [5.74, 6) is 0. The Balaban J connectivity index is 3.29. The molecular formula is C3H5Cl3O3S. The van der Waals surface area contributed by atoms with Crippen molar-refractivity contribution in [2.45, 2.75) is 10.2 Å². The second-order valence-corrected chi connectivity index (χ2v) is 4.59. The van der Waals surface area contributed by atoms with E-state index < -0.39 is 15.2 Å². The maximum absolute atomic E-state index is 9.84. The van der Waals surface area contributed by atoms with Gasteiger partial charge in [0.05, 0.1) is 6.61 Å². The average molecular weight is 227 g/mol. The number of alkyl halides is 3. The lowest BCUT2D eigenvalue weighted by atomic mass is 10.5. The number of hydrogen-bond donors (Lipinski definition) is 1. The second-order valence-electron chi connectivity index (χ2n) is 1.40. The lowest BCUT2D eigenvalue weighted by molar-refractivity contribution is 0.303. The Kier molecular flexibility index (Phi) is 5.19. The number of halogens is 3. The quantitative estimate of drug-likeness (QED) is 0.592. The second kappa shape index (κ2) is 4.74. The van der Waals surface area contributed by atoms with E-state index >= 15 is 0 Å². The first kappa shape index (κ1) is 10.9. The van der Waals surface area contributed by atoms with Crippen molar-refractivity contribution in [1.29, 1.82) is 0 Å². The first-order valence-electron chi connectivity index (χ1n) is 2.23. The van der Waals surface area contributed by atoms with Gasteiger partial charge in [-0.25, -0.2) is 0 Å². The monoisotopic (exact) mass is 226 g/mol. The van der Waals surface area contributed by atoms with Crippen molar-refractivity contribution in [2.24, 2.45) is 0 Å². The molecule has 1 N–H and O–H groups in total. The summed E-state index contributed by atoms with van der Waals surface area (Å²) in [5.41, 5.74) is 0. The van der Waals surface area contributed by atoms with E-state index in [1.54, 1.807) is 0 Å². The van der Waals surface area contributed by atoms with E-state index in [9.17, 15) is 4.21 Å². The van der Waals surface area contributed by atoms with Gasteiger partial charge in [-0.15, -0.1) is 0 Å². The predicted molar refractivity (Wildman–Crippen MR) is 41.6 cm³/mol. The fourth-order valence-corrected chi connectivity index (χ4v) is 0.686. The molecule has 0 fully saturated rings. The molecule has 0 saturated carbocycles. The summed E-state index contributed by atoms with van der Waals surface area (Å²) in [6.45, 7) is -0.0559. The minimum atomic E-state index is -2.28. The lowest BCUT2D eigenvalue weighted by Crippen LogP contribution is -2.08. The third kappa shape index (κ3) is 8.94. The van der Waals surface area contributed by atoms with E-state index in [1.165, 1.54) is 0 Å². The molecule has 0 aliphatic carbocycles. The Hall–Kier alpha value is 0.940. The van der Waals surface area contributed by atoms with Gasteiger partial charge in [-0.1, -0.05) is 34.8 Å². The fourth-order valence-electron chi connectivity index (χ4n) is 0.229. The molecule has 7 heteroatoms. The van der Waals surface area contributed by atoms with Crippen LogP contribution in [0.3, 0.4) is 0 Å². The third-order valence-electron chi connectivity index (χ3n) is 0.570. The summed E-state index contributed by atoms with van der Waals surface area (Å²) in [7, 11) is 0. The molecule has 0 aromatic carbocycles. The topological polar surface area (TPSA) is 46.5 Å². The van der Waals surface area contributed by atoms with Crippen molar-refractivity contribution in [3.63, 3.8) is 0 Å². The first-order chi connectivity index (χ1) is 4.42. The van der Waals surface area contributed by atoms with Gasteiger partial charge in [-0.2, -0.15) is 4.21 Å². The van der Waals surface area contributed by atoms with Gasteiger partial charge in [-0.3, -0.25) is 8.74 Å². The standard InChI is InChI=1S/C3H5Cl3O3S/c4-3(5,6)1-2-9-10(7)8/h1-2H2,(H,7,8). The van der Waals surface area contributed by atoms with Crippen LogP contribution in [0.4, 0.5) is 0 Å². The molecule has 1 atom stereocenters. The first-order valence-corrected chi connectivity index (χ1v) is 4.39. The van der Waals surface area contributed by atoms with Crippen LogP contribution in [-0.2, 0) is 15.5 Å². The Morgan fingerprint density at radius 3 is 2.30 bits per heavy atom. The van der Waals surface area contributed by atoms with Crippen LogP contribution >= 0.6 is 34.8 Å². The van der Waals surface area contributed by atoms with E-state index in [4.69, 9.17) is 39.4 Å². The van der Waals surface area contributed by atoms with Crippen LogP contribution in [-0.4, -0.2) is 19.2 Å². The van der Waals surface area contributed by atoms with Gasteiger partial charge in [0.15, 0.2) is 3.79 Å². The van der Waals surface area contributed by atoms with Crippen molar-refractivity contribution in [3.05, 3.63) is 0 Å². The molecule has 0 saturated heterocycles. The summed E-state index contributed by atoms with van der Waals surface area (Å²) < 4.78 is 20.7. The van der Waals surface area contributed by atoms with Crippen LogP contribution in [0.5, 0.6) is 0 Å². The summed E-state index contributed by atoms with van der Waals surface area (Å²) in [6, 6.07) is 0. The highest BCUT2D eigenvalue weighted by Crippen LogP contribution is 2.29. The SMILES string of the molecule is O=S(O)OCCC(Cl)(Cl)Cl. The molecule has 0 spiro atoms. The molecule has 0 aliphatic rings. The summed E-state index contributed by atoms with van der Waals surface area (Å²) in [6.07, 6.45) is 0.0873.